The predicted octanol–water partition coefficient (Wildman–Crippen LogP) is 0.845. The zero-order chi connectivity index (χ0) is 14.6. The fourth-order valence-electron chi connectivity index (χ4n) is 2.47. The Hall–Kier alpha value is -0.890. The number of nitrogens with zero attached hydrogens (tertiary/aromatic N) is 1. The molecule has 1 aliphatic heterocycles. The van der Waals surface area contributed by atoms with Gasteiger partial charge in [-0.2, -0.15) is 0 Å². The summed E-state index contributed by atoms with van der Waals surface area (Å²) in [5.74, 6) is 0.568. The summed E-state index contributed by atoms with van der Waals surface area (Å²) in [6, 6.07) is 1.37. The van der Waals surface area contributed by atoms with Crippen molar-refractivity contribution in [3.63, 3.8) is 0 Å². The number of hydrogen-bond donors (Lipinski definition) is 2. The van der Waals surface area contributed by atoms with Crippen LogP contribution < -0.4 is 4.72 Å². The largest absolute Gasteiger partial charge is 0.462 e. The lowest BCUT2D eigenvalue weighted by molar-refractivity contribution is 0.232. The van der Waals surface area contributed by atoms with Gasteiger partial charge in [-0.3, -0.25) is 0 Å². The van der Waals surface area contributed by atoms with Crippen LogP contribution in [0.15, 0.2) is 15.4 Å². The van der Waals surface area contributed by atoms with Gasteiger partial charge in [0, 0.05) is 19.2 Å². The Balaban J connectivity index is 1.91. The van der Waals surface area contributed by atoms with Crippen LogP contribution in [0.5, 0.6) is 0 Å². The smallest absolute Gasteiger partial charge is 0.244 e. The van der Waals surface area contributed by atoms with Gasteiger partial charge in [-0.25, -0.2) is 13.1 Å². The molecule has 1 saturated heterocycles. The van der Waals surface area contributed by atoms with E-state index in [0.717, 1.165) is 19.6 Å². The normalized spacial score (nSPS) is 17.5. The van der Waals surface area contributed by atoms with Crippen LogP contribution in [0.2, 0.25) is 0 Å². The van der Waals surface area contributed by atoms with Gasteiger partial charge in [0.25, 0.3) is 0 Å². The standard InChI is InChI=1S/C13H22N2O4S/c1-11-13(9-12(10-16)19-11)20(17,18)14-5-8-15-6-3-2-4-7-15/h9,14,16H,2-8,10H2,1H3. The fourth-order valence-corrected chi connectivity index (χ4v) is 3.69. The molecule has 0 aliphatic carbocycles. The first-order valence-corrected chi connectivity index (χ1v) is 8.43. The molecule has 0 unspecified atom stereocenters. The van der Waals surface area contributed by atoms with E-state index in [9.17, 15) is 8.42 Å². The molecule has 1 aromatic heterocycles. The maximum Gasteiger partial charge on any atom is 0.244 e. The van der Waals surface area contributed by atoms with Gasteiger partial charge < -0.3 is 14.4 Å². The van der Waals surface area contributed by atoms with Crippen molar-refractivity contribution in [2.24, 2.45) is 0 Å². The van der Waals surface area contributed by atoms with Crippen LogP contribution in [-0.2, 0) is 16.6 Å². The molecule has 1 fully saturated rings. The molecule has 0 radical (unpaired) electrons. The van der Waals surface area contributed by atoms with Crippen LogP contribution in [0.1, 0.15) is 30.8 Å². The number of furan rings is 1. The Labute approximate surface area is 119 Å². The molecule has 0 amide bonds. The summed E-state index contributed by atoms with van der Waals surface area (Å²) in [6.07, 6.45) is 3.64. The van der Waals surface area contributed by atoms with Gasteiger partial charge in [-0.1, -0.05) is 6.42 Å². The lowest BCUT2D eigenvalue weighted by Crippen LogP contribution is -2.37. The van der Waals surface area contributed by atoms with E-state index in [2.05, 4.69) is 9.62 Å². The van der Waals surface area contributed by atoms with Crippen LogP contribution in [0.25, 0.3) is 0 Å². The van der Waals surface area contributed by atoms with E-state index in [1.165, 1.54) is 25.3 Å². The Kier molecular flexibility index (Phi) is 5.20. The second kappa shape index (κ2) is 6.71. The molecule has 0 atom stereocenters. The minimum Gasteiger partial charge on any atom is -0.462 e. The van der Waals surface area contributed by atoms with E-state index < -0.39 is 10.0 Å². The van der Waals surface area contributed by atoms with E-state index in [4.69, 9.17) is 9.52 Å². The van der Waals surface area contributed by atoms with Crippen molar-refractivity contribution in [2.75, 3.05) is 26.2 Å². The maximum absolute atomic E-state index is 12.2. The summed E-state index contributed by atoms with van der Waals surface area (Å²) in [5.41, 5.74) is 0. The van der Waals surface area contributed by atoms with Gasteiger partial charge in [-0.15, -0.1) is 0 Å². The second-order valence-electron chi connectivity index (χ2n) is 5.09. The lowest BCUT2D eigenvalue weighted by Gasteiger charge is -2.26. The van der Waals surface area contributed by atoms with Gasteiger partial charge in [0.05, 0.1) is 0 Å². The Bertz CT molecular complexity index is 533. The van der Waals surface area contributed by atoms with E-state index in [1.807, 2.05) is 0 Å². The summed E-state index contributed by atoms with van der Waals surface area (Å²) in [4.78, 5) is 2.38. The number of hydrogen-bond acceptors (Lipinski definition) is 5. The number of aryl methyl sites for hydroxylation is 1. The summed E-state index contributed by atoms with van der Waals surface area (Å²) in [6.45, 7) is 4.48. The third kappa shape index (κ3) is 3.82. The molecule has 1 aliphatic rings. The number of rotatable bonds is 6. The summed E-state index contributed by atoms with van der Waals surface area (Å²) < 4.78 is 32.1. The predicted molar refractivity (Wildman–Crippen MR) is 74.8 cm³/mol. The molecule has 7 heteroatoms. The highest BCUT2D eigenvalue weighted by Gasteiger charge is 2.21. The highest BCUT2D eigenvalue weighted by molar-refractivity contribution is 7.89. The highest BCUT2D eigenvalue weighted by atomic mass is 32.2. The van der Waals surface area contributed by atoms with Crippen molar-refractivity contribution in [2.45, 2.75) is 37.7 Å². The monoisotopic (exact) mass is 302 g/mol. The van der Waals surface area contributed by atoms with Gasteiger partial charge >= 0.3 is 0 Å². The quantitative estimate of drug-likeness (QED) is 0.814. The van der Waals surface area contributed by atoms with Gasteiger partial charge in [-0.05, 0) is 32.9 Å². The van der Waals surface area contributed by atoms with Crippen molar-refractivity contribution in [1.29, 1.82) is 0 Å². The summed E-state index contributed by atoms with van der Waals surface area (Å²) >= 11 is 0. The van der Waals surface area contributed by atoms with Crippen molar-refractivity contribution >= 4 is 10.0 Å². The molecule has 0 aromatic carbocycles. The first-order chi connectivity index (χ1) is 9.53. The van der Waals surface area contributed by atoms with E-state index in [-0.39, 0.29) is 17.3 Å². The average Bonchev–Trinajstić information content (AvgIpc) is 2.82. The van der Waals surface area contributed by atoms with Gasteiger partial charge in [0.15, 0.2) is 0 Å². The molecule has 1 aromatic rings. The number of piperidine rings is 1. The number of likely N-dealkylation sites (tertiary alicyclic amines) is 1. The topological polar surface area (TPSA) is 82.8 Å². The first kappa shape index (κ1) is 15.5. The third-order valence-electron chi connectivity index (χ3n) is 3.54. The summed E-state index contributed by atoms with van der Waals surface area (Å²) in [5, 5.41) is 8.97. The molecule has 20 heavy (non-hydrogen) atoms. The van der Waals surface area contributed by atoms with Crippen molar-refractivity contribution < 1.29 is 17.9 Å². The second-order valence-corrected chi connectivity index (χ2v) is 6.83. The minimum atomic E-state index is -3.56. The van der Waals surface area contributed by atoms with Crippen LogP contribution in [0, 0.1) is 6.92 Å². The zero-order valence-electron chi connectivity index (χ0n) is 11.8. The molecule has 0 bridgehead atoms. The Morgan fingerprint density at radius 2 is 2.05 bits per heavy atom. The maximum atomic E-state index is 12.2. The summed E-state index contributed by atoms with van der Waals surface area (Å²) in [7, 11) is -3.56. The molecule has 114 valence electrons. The molecule has 2 rings (SSSR count). The minimum absolute atomic E-state index is 0.111. The molecular weight excluding hydrogens is 280 g/mol. The number of aliphatic hydroxyl groups excluding tert-OH is 1. The van der Waals surface area contributed by atoms with Crippen molar-refractivity contribution in [3.05, 3.63) is 17.6 Å². The van der Waals surface area contributed by atoms with Crippen LogP contribution >= 0.6 is 0 Å². The van der Waals surface area contributed by atoms with Crippen LogP contribution in [-0.4, -0.2) is 44.6 Å². The highest BCUT2D eigenvalue weighted by Crippen LogP contribution is 2.19. The molecule has 0 saturated carbocycles. The van der Waals surface area contributed by atoms with E-state index in [0.29, 0.717) is 12.3 Å². The fraction of sp³-hybridized carbons (Fsp3) is 0.692. The van der Waals surface area contributed by atoms with Crippen LogP contribution in [0.3, 0.4) is 0 Å². The molecule has 6 nitrogen and oxygen atoms in total. The number of nitrogens with one attached hydrogen (secondary N) is 1. The van der Waals surface area contributed by atoms with Crippen molar-refractivity contribution in [1.82, 2.24) is 9.62 Å². The third-order valence-corrected chi connectivity index (χ3v) is 5.11. The zero-order valence-corrected chi connectivity index (χ0v) is 12.6. The van der Waals surface area contributed by atoms with Gasteiger partial charge in [0.2, 0.25) is 10.0 Å². The van der Waals surface area contributed by atoms with Crippen molar-refractivity contribution in [3.8, 4) is 0 Å². The van der Waals surface area contributed by atoms with Crippen LogP contribution in [0.4, 0.5) is 0 Å². The Morgan fingerprint density at radius 1 is 1.35 bits per heavy atom. The van der Waals surface area contributed by atoms with E-state index >= 15 is 0 Å². The lowest BCUT2D eigenvalue weighted by atomic mass is 10.1. The Morgan fingerprint density at radius 3 is 2.65 bits per heavy atom. The molecule has 2 N–H and O–H groups in total. The van der Waals surface area contributed by atoms with E-state index in [1.54, 1.807) is 6.92 Å². The van der Waals surface area contributed by atoms with Gasteiger partial charge in [0.1, 0.15) is 23.0 Å². The first-order valence-electron chi connectivity index (χ1n) is 6.95. The number of aliphatic hydroxyl groups is 1. The molecule has 0 spiro atoms. The molecule has 2 heterocycles. The average molecular weight is 302 g/mol. The SMILES string of the molecule is Cc1oc(CO)cc1S(=O)(=O)NCCN1CCCCC1. The molecular formula is C13H22N2O4S. The number of sulfonamides is 1.